The predicted octanol–water partition coefficient (Wildman–Crippen LogP) is 2.71. The first-order valence-electron chi connectivity index (χ1n) is 8.80. The first-order valence-corrected chi connectivity index (χ1v) is 8.80. The molecule has 5 nitrogen and oxygen atoms in total. The molecule has 0 aliphatic carbocycles. The molecule has 5 heteroatoms. The van der Waals surface area contributed by atoms with Gasteiger partial charge in [0, 0.05) is 32.2 Å². The van der Waals surface area contributed by atoms with Crippen molar-refractivity contribution in [3.63, 3.8) is 0 Å². The molecular formula is C17H35N3O2. The Labute approximate surface area is 136 Å². The zero-order valence-corrected chi connectivity index (χ0v) is 15.2. The van der Waals surface area contributed by atoms with Crippen LogP contribution in [-0.2, 0) is 4.74 Å². The van der Waals surface area contributed by atoms with E-state index in [4.69, 9.17) is 4.74 Å². The summed E-state index contributed by atoms with van der Waals surface area (Å²) in [5.74, 6) is 0. The maximum absolute atomic E-state index is 12.3. The van der Waals surface area contributed by atoms with E-state index in [-0.39, 0.29) is 12.1 Å². The minimum atomic E-state index is -0.421. The van der Waals surface area contributed by atoms with E-state index in [0.717, 1.165) is 52.1 Å². The number of likely N-dealkylation sites (tertiary alicyclic amines) is 1. The molecule has 0 aromatic heterocycles. The molecule has 0 saturated carbocycles. The quantitative estimate of drug-likeness (QED) is 0.734. The van der Waals surface area contributed by atoms with Crippen LogP contribution in [0.1, 0.15) is 53.9 Å². The normalized spacial score (nSPS) is 19.5. The van der Waals surface area contributed by atoms with Gasteiger partial charge in [0.2, 0.25) is 0 Å². The fourth-order valence-corrected chi connectivity index (χ4v) is 2.82. The van der Waals surface area contributed by atoms with Crippen LogP contribution in [-0.4, -0.2) is 66.8 Å². The van der Waals surface area contributed by atoms with Gasteiger partial charge in [-0.15, -0.1) is 0 Å². The van der Waals surface area contributed by atoms with Crippen LogP contribution in [0.5, 0.6) is 0 Å². The Balaban J connectivity index is 2.40. The summed E-state index contributed by atoms with van der Waals surface area (Å²) in [7, 11) is 0. The molecule has 0 spiro atoms. The number of hydrogen-bond donors (Lipinski definition) is 1. The molecule has 1 unspecified atom stereocenters. The van der Waals surface area contributed by atoms with Gasteiger partial charge < -0.3 is 19.9 Å². The fourth-order valence-electron chi connectivity index (χ4n) is 2.82. The third-order valence-electron chi connectivity index (χ3n) is 4.13. The highest BCUT2D eigenvalue weighted by molar-refractivity contribution is 5.68. The number of nitrogens with one attached hydrogen (secondary N) is 1. The van der Waals surface area contributed by atoms with Crippen molar-refractivity contribution in [3.05, 3.63) is 0 Å². The highest BCUT2D eigenvalue weighted by Crippen LogP contribution is 2.19. The first kappa shape index (κ1) is 19.2. The largest absolute Gasteiger partial charge is 0.444 e. The average Bonchev–Trinajstić information content (AvgIpc) is 2.46. The number of carbonyl (C=O) groups is 1. The lowest BCUT2D eigenvalue weighted by Gasteiger charge is -2.37. The SMILES string of the molecule is CCN(CC)CCNCC1CCCCN1C(=O)OC(C)(C)C. The van der Waals surface area contributed by atoms with E-state index in [2.05, 4.69) is 24.1 Å². The van der Waals surface area contributed by atoms with Gasteiger partial charge in [-0.3, -0.25) is 0 Å². The molecule has 1 amide bonds. The van der Waals surface area contributed by atoms with E-state index in [1.807, 2.05) is 25.7 Å². The molecule has 1 saturated heterocycles. The number of likely N-dealkylation sites (N-methyl/N-ethyl adjacent to an activating group) is 1. The van der Waals surface area contributed by atoms with Gasteiger partial charge in [-0.25, -0.2) is 4.79 Å². The van der Waals surface area contributed by atoms with Crippen molar-refractivity contribution < 1.29 is 9.53 Å². The van der Waals surface area contributed by atoms with Crippen LogP contribution in [0.15, 0.2) is 0 Å². The van der Waals surface area contributed by atoms with E-state index in [9.17, 15) is 4.79 Å². The third-order valence-corrected chi connectivity index (χ3v) is 4.13. The van der Waals surface area contributed by atoms with Gasteiger partial charge in [-0.1, -0.05) is 13.8 Å². The Morgan fingerprint density at radius 2 is 1.95 bits per heavy atom. The number of ether oxygens (including phenoxy) is 1. The Morgan fingerprint density at radius 1 is 1.27 bits per heavy atom. The van der Waals surface area contributed by atoms with Gasteiger partial charge in [0.1, 0.15) is 5.60 Å². The van der Waals surface area contributed by atoms with Crippen molar-refractivity contribution in [2.24, 2.45) is 0 Å². The Hall–Kier alpha value is -0.810. The smallest absolute Gasteiger partial charge is 0.410 e. The standard InChI is InChI=1S/C17H35N3O2/c1-6-19(7-2)13-11-18-14-15-10-8-9-12-20(15)16(21)22-17(3,4)5/h15,18H,6-14H2,1-5H3. The van der Waals surface area contributed by atoms with Crippen molar-refractivity contribution in [1.29, 1.82) is 0 Å². The lowest BCUT2D eigenvalue weighted by molar-refractivity contribution is 0.00993. The number of amides is 1. The second kappa shape index (κ2) is 9.36. The molecule has 1 N–H and O–H groups in total. The van der Waals surface area contributed by atoms with Crippen LogP contribution in [0.4, 0.5) is 4.79 Å². The summed E-state index contributed by atoms with van der Waals surface area (Å²) in [6, 6.07) is 0.264. The molecule has 0 aromatic carbocycles. The van der Waals surface area contributed by atoms with Crippen molar-refractivity contribution in [1.82, 2.24) is 15.1 Å². The van der Waals surface area contributed by atoms with Gasteiger partial charge in [0.05, 0.1) is 0 Å². The van der Waals surface area contributed by atoms with Gasteiger partial charge >= 0.3 is 6.09 Å². The van der Waals surface area contributed by atoms with Gasteiger partial charge in [0.25, 0.3) is 0 Å². The number of hydrogen-bond acceptors (Lipinski definition) is 4. The second-order valence-corrected chi connectivity index (χ2v) is 7.05. The number of rotatable bonds is 7. The van der Waals surface area contributed by atoms with E-state index < -0.39 is 5.60 Å². The second-order valence-electron chi connectivity index (χ2n) is 7.05. The van der Waals surface area contributed by atoms with Gasteiger partial charge in [0.15, 0.2) is 0 Å². The molecule has 1 aliphatic rings. The van der Waals surface area contributed by atoms with E-state index in [0.29, 0.717) is 0 Å². The van der Waals surface area contributed by atoms with Gasteiger partial charge in [-0.05, 0) is 53.1 Å². The Bertz CT molecular complexity index is 324. The summed E-state index contributed by atoms with van der Waals surface area (Å²) >= 11 is 0. The maximum Gasteiger partial charge on any atom is 0.410 e. The van der Waals surface area contributed by atoms with Crippen LogP contribution in [0.2, 0.25) is 0 Å². The van der Waals surface area contributed by atoms with E-state index in [1.165, 1.54) is 6.42 Å². The Kier molecular flexibility index (Phi) is 8.18. The first-order chi connectivity index (χ1) is 10.4. The summed E-state index contributed by atoms with van der Waals surface area (Å²) in [5, 5.41) is 3.51. The van der Waals surface area contributed by atoms with E-state index in [1.54, 1.807) is 0 Å². The highest BCUT2D eigenvalue weighted by atomic mass is 16.6. The zero-order valence-electron chi connectivity index (χ0n) is 15.2. The highest BCUT2D eigenvalue weighted by Gasteiger charge is 2.30. The topological polar surface area (TPSA) is 44.8 Å². The van der Waals surface area contributed by atoms with Crippen LogP contribution in [0.3, 0.4) is 0 Å². The number of piperidine rings is 1. The summed E-state index contributed by atoms with van der Waals surface area (Å²) in [6.45, 7) is 16.0. The molecule has 1 aliphatic heterocycles. The van der Waals surface area contributed by atoms with Crippen LogP contribution < -0.4 is 5.32 Å². The summed E-state index contributed by atoms with van der Waals surface area (Å²) in [4.78, 5) is 16.6. The number of carbonyl (C=O) groups excluding carboxylic acids is 1. The molecule has 1 heterocycles. The molecule has 0 radical (unpaired) electrons. The van der Waals surface area contributed by atoms with Crippen LogP contribution >= 0.6 is 0 Å². The van der Waals surface area contributed by atoms with Crippen LogP contribution in [0.25, 0.3) is 0 Å². The molecule has 1 rings (SSSR count). The third kappa shape index (κ3) is 6.97. The van der Waals surface area contributed by atoms with E-state index >= 15 is 0 Å². The molecule has 22 heavy (non-hydrogen) atoms. The van der Waals surface area contributed by atoms with Crippen LogP contribution in [0, 0.1) is 0 Å². The van der Waals surface area contributed by atoms with Crippen molar-refractivity contribution in [3.8, 4) is 0 Å². The molecule has 0 aromatic rings. The summed E-state index contributed by atoms with van der Waals surface area (Å²) in [6.07, 6.45) is 3.18. The van der Waals surface area contributed by atoms with Crippen molar-refractivity contribution in [2.75, 3.05) is 39.3 Å². The number of nitrogens with zero attached hydrogens (tertiary/aromatic N) is 2. The lowest BCUT2D eigenvalue weighted by atomic mass is 10.0. The van der Waals surface area contributed by atoms with Crippen molar-refractivity contribution >= 4 is 6.09 Å². The molecule has 130 valence electrons. The predicted molar refractivity (Wildman–Crippen MR) is 91.2 cm³/mol. The summed E-state index contributed by atoms with van der Waals surface area (Å²) < 4.78 is 5.54. The maximum atomic E-state index is 12.3. The molecule has 1 atom stereocenters. The van der Waals surface area contributed by atoms with Gasteiger partial charge in [-0.2, -0.15) is 0 Å². The minimum Gasteiger partial charge on any atom is -0.444 e. The fraction of sp³-hybridized carbons (Fsp3) is 0.941. The lowest BCUT2D eigenvalue weighted by Crippen LogP contribution is -2.50. The van der Waals surface area contributed by atoms with Crippen molar-refractivity contribution in [2.45, 2.75) is 65.5 Å². The Morgan fingerprint density at radius 3 is 2.55 bits per heavy atom. The monoisotopic (exact) mass is 313 g/mol. The molecule has 0 bridgehead atoms. The minimum absolute atomic E-state index is 0.164. The summed E-state index contributed by atoms with van der Waals surface area (Å²) in [5.41, 5.74) is -0.421. The molecule has 1 fully saturated rings. The zero-order chi connectivity index (χ0) is 16.6. The molecular weight excluding hydrogens is 278 g/mol. The average molecular weight is 313 g/mol.